The Labute approximate surface area is 145 Å². The molecule has 0 unspecified atom stereocenters. The number of hydrogen-bond donors (Lipinski definition) is 1. The van der Waals surface area contributed by atoms with Crippen LogP contribution in [0, 0.1) is 13.8 Å². The summed E-state index contributed by atoms with van der Waals surface area (Å²) in [6, 6.07) is 17.2. The monoisotopic (exact) mass is 337 g/mol. The highest BCUT2D eigenvalue weighted by Gasteiger charge is 2.19. The highest BCUT2D eigenvalue weighted by atomic mass is 32.1. The van der Waals surface area contributed by atoms with Crippen LogP contribution in [0.15, 0.2) is 54.6 Å². The van der Waals surface area contributed by atoms with Gasteiger partial charge in [-0.3, -0.25) is 4.79 Å². The average molecular weight is 337 g/mol. The fourth-order valence-corrected chi connectivity index (χ4v) is 3.62. The van der Waals surface area contributed by atoms with Gasteiger partial charge in [-0.1, -0.05) is 42.0 Å². The summed E-state index contributed by atoms with van der Waals surface area (Å²) in [4.78, 5) is 15.6. The number of carbonyl (C=O) groups excluding carboxylic acids is 1. The molecule has 0 bridgehead atoms. The lowest BCUT2D eigenvalue weighted by atomic mass is 10.1. The number of carbonyl (C=O) groups is 1. The first kappa shape index (κ1) is 16.3. The minimum atomic E-state index is -0.125. The highest BCUT2D eigenvalue weighted by molar-refractivity contribution is 7.18. The van der Waals surface area contributed by atoms with E-state index in [0.29, 0.717) is 4.88 Å². The summed E-state index contributed by atoms with van der Waals surface area (Å²) in [6.45, 7) is 4.00. The van der Waals surface area contributed by atoms with Crippen LogP contribution in [0.25, 0.3) is 10.4 Å². The van der Waals surface area contributed by atoms with Crippen LogP contribution in [0.3, 0.4) is 0 Å². The molecule has 2 aromatic carbocycles. The maximum atomic E-state index is 12.7. The molecule has 0 spiro atoms. The van der Waals surface area contributed by atoms with Crippen molar-refractivity contribution in [3.8, 4) is 16.2 Å². The normalized spacial score (nSPS) is 10.6. The van der Waals surface area contributed by atoms with Gasteiger partial charge in [0.1, 0.15) is 5.75 Å². The third-order valence-corrected chi connectivity index (χ3v) is 5.06. The lowest BCUT2D eigenvalue weighted by molar-refractivity contribution is 0.0996. The Morgan fingerprint density at radius 2 is 1.67 bits per heavy atom. The van der Waals surface area contributed by atoms with Gasteiger partial charge in [-0.15, -0.1) is 11.3 Å². The Morgan fingerprint density at radius 1 is 1.00 bits per heavy atom. The summed E-state index contributed by atoms with van der Waals surface area (Å²) in [7, 11) is 1.75. The van der Waals surface area contributed by atoms with Crippen molar-refractivity contribution in [3.63, 3.8) is 0 Å². The van der Waals surface area contributed by atoms with E-state index >= 15 is 0 Å². The van der Waals surface area contributed by atoms with Crippen molar-refractivity contribution in [3.05, 3.63) is 70.6 Å². The minimum Gasteiger partial charge on any atom is -0.506 e. The molecule has 3 nitrogen and oxygen atoms in total. The molecule has 1 amide bonds. The maximum Gasteiger partial charge on any atom is 0.268 e. The van der Waals surface area contributed by atoms with E-state index in [9.17, 15) is 9.90 Å². The van der Waals surface area contributed by atoms with E-state index in [2.05, 4.69) is 0 Å². The molecule has 0 aliphatic carbocycles. The number of aryl methyl sites for hydroxylation is 2. The molecule has 0 aliphatic heterocycles. The summed E-state index contributed by atoms with van der Waals surface area (Å²) in [6.07, 6.45) is 0. The Bertz CT molecular complexity index is 898. The third kappa shape index (κ3) is 3.19. The maximum absolute atomic E-state index is 12.7. The molecule has 0 saturated heterocycles. The Kier molecular flexibility index (Phi) is 4.40. The van der Waals surface area contributed by atoms with Gasteiger partial charge in [0, 0.05) is 18.8 Å². The van der Waals surface area contributed by atoms with E-state index in [1.807, 2.05) is 62.4 Å². The smallest absolute Gasteiger partial charge is 0.268 e. The zero-order valence-electron chi connectivity index (χ0n) is 13.9. The van der Waals surface area contributed by atoms with Crippen LogP contribution in [0.5, 0.6) is 5.75 Å². The molecular weight excluding hydrogens is 318 g/mol. The number of hydrogen-bond acceptors (Lipinski definition) is 3. The Balaban J connectivity index is 1.93. The van der Waals surface area contributed by atoms with Crippen molar-refractivity contribution in [2.24, 2.45) is 0 Å². The molecule has 3 aromatic rings. The molecule has 0 saturated carbocycles. The average Bonchev–Trinajstić information content (AvgIpc) is 2.95. The largest absolute Gasteiger partial charge is 0.506 e. The summed E-state index contributed by atoms with van der Waals surface area (Å²) >= 11 is 1.32. The number of amides is 1. The molecule has 1 aromatic heterocycles. The van der Waals surface area contributed by atoms with Gasteiger partial charge in [0.25, 0.3) is 5.91 Å². The van der Waals surface area contributed by atoms with Gasteiger partial charge in [0.05, 0.1) is 9.75 Å². The van der Waals surface area contributed by atoms with Crippen molar-refractivity contribution in [1.29, 1.82) is 0 Å². The number of nitrogens with zero attached hydrogens (tertiary/aromatic N) is 1. The molecule has 1 N–H and O–H groups in total. The number of anilines is 1. The predicted molar refractivity (Wildman–Crippen MR) is 100 cm³/mol. The number of thiophene rings is 1. The van der Waals surface area contributed by atoms with Gasteiger partial charge in [-0.05, 0) is 37.1 Å². The summed E-state index contributed by atoms with van der Waals surface area (Å²) in [5, 5.41) is 10.3. The van der Waals surface area contributed by atoms with Gasteiger partial charge in [0.15, 0.2) is 0 Å². The first-order valence-electron chi connectivity index (χ1n) is 7.70. The Hall–Kier alpha value is -2.59. The van der Waals surface area contributed by atoms with Crippen LogP contribution >= 0.6 is 11.3 Å². The highest BCUT2D eigenvalue weighted by Crippen LogP contribution is 2.38. The zero-order chi connectivity index (χ0) is 17.3. The van der Waals surface area contributed by atoms with E-state index in [1.165, 1.54) is 11.3 Å². The lowest BCUT2D eigenvalue weighted by Gasteiger charge is -2.16. The zero-order valence-corrected chi connectivity index (χ0v) is 14.7. The van der Waals surface area contributed by atoms with Crippen LogP contribution in [0.4, 0.5) is 5.69 Å². The van der Waals surface area contributed by atoms with E-state index in [-0.39, 0.29) is 11.7 Å². The molecule has 24 heavy (non-hydrogen) atoms. The van der Waals surface area contributed by atoms with Crippen molar-refractivity contribution < 1.29 is 9.90 Å². The van der Waals surface area contributed by atoms with Gasteiger partial charge in [-0.2, -0.15) is 0 Å². The first-order valence-corrected chi connectivity index (χ1v) is 8.52. The van der Waals surface area contributed by atoms with Crippen molar-refractivity contribution >= 4 is 22.9 Å². The van der Waals surface area contributed by atoms with Crippen LogP contribution in [-0.4, -0.2) is 18.1 Å². The van der Waals surface area contributed by atoms with Crippen molar-refractivity contribution in [2.45, 2.75) is 13.8 Å². The predicted octanol–water partition coefficient (Wildman–Crippen LogP) is 5.01. The molecular formula is C20H19NO2S. The fourth-order valence-electron chi connectivity index (χ4n) is 2.60. The van der Waals surface area contributed by atoms with E-state index in [4.69, 9.17) is 0 Å². The van der Waals surface area contributed by atoms with Crippen LogP contribution in [-0.2, 0) is 0 Å². The second-order valence-corrected chi connectivity index (χ2v) is 6.95. The van der Waals surface area contributed by atoms with Gasteiger partial charge in [-0.25, -0.2) is 0 Å². The standard InChI is InChI=1S/C20H19NO2S/c1-13-6-4-8-15(10-13)19-17(22)12-18(24-19)20(23)21(3)16-9-5-7-14(2)11-16/h4-12,22H,1-3H3. The topological polar surface area (TPSA) is 40.5 Å². The van der Waals surface area contributed by atoms with E-state index in [0.717, 1.165) is 27.3 Å². The van der Waals surface area contributed by atoms with Crippen LogP contribution < -0.4 is 4.90 Å². The van der Waals surface area contributed by atoms with Crippen molar-refractivity contribution in [2.75, 3.05) is 11.9 Å². The van der Waals surface area contributed by atoms with Gasteiger partial charge >= 0.3 is 0 Å². The summed E-state index contributed by atoms with van der Waals surface area (Å²) in [5.74, 6) is 0.0198. The molecule has 3 rings (SSSR count). The molecule has 122 valence electrons. The molecule has 4 heteroatoms. The summed E-state index contributed by atoms with van der Waals surface area (Å²) < 4.78 is 0. The van der Waals surface area contributed by atoms with Gasteiger partial charge in [0.2, 0.25) is 0 Å². The minimum absolute atomic E-state index is 0.125. The molecule has 0 aliphatic rings. The number of aromatic hydroxyl groups is 1. The second-order valence-electron chi connectivity index (χ2n) is 5.90. The van der Waals surface area contributed by atoms with Crippen LogP contribution in [0.2, 0.25) is 0 Å². The molecule has 0 radical (unpaired) electrons. The van der Waals surface area contributed by atoms with Crippen LogP contribution in [0.1, 0.15) is 20.8 Å². The third-order valence-electron chi connectivity index (χ3n) is 3.90. The summed E-state index contributed by atoms with van der Waals surface area (Å²) in [5.41, 5.74) is 3.98. The molecule has 0 fully saturated rings. The lowest BCUT2D eigenvalue weighted by Crippen LogP contribution is -2.25. The number of rotatable bonds is 3. The fraction of sp³-hybridized carbons (Fsp3) is 0.150. The van der Waals surface area contributed by atoms with E-state index < -0.39 is 0 Å². The quantitative estimate of drug-likeness (QED) is 0.729. The van der Waals surface area contributed by atoms with Gasteiger partial charge < -0.3 is 10.0 Å². The number of benzene rings is 2. The SMILES string of the molecule is Cc1cccc(-c2sc(C(=O)N(C)c3cccc(C)c3)cc2O)c1. The second kappa shape index (κ2) is 6.49. The van der Waals surface area contributed by atoms with Crippen molar-refractivity contribution in [1.82, 2.24) is 0 Å². The first-order chi connectivity index (χ1) is 11.5. The molecule has 0 atom stereocenters. The molecule has 1 heterocycles. The van der Waals surface area contributed by atoms with E-state index in [1.54, 1.807) is 18.0 Å². The Morgan fingerprint density at radius 3 is 2.33 bits per heavy atom.